The number of hydrogen-bond acceptors (Lipinski definition) is 2. The van der Waals surface area contributed by atoms with Crippen molar-refractivity contribution < 1.29 is 19.0 Å². The Morgan fingerprint density at radius 1 is 1.12 bits per heavy atom. The summed E-state index contributed by atoms with van der Waals surface area (Å²) in [6.07, 6.45) is 7.30. The number of carboxylic acids is 1. The Morgan fingerprint density at radius 3 is 2.42 bits per heavy atom. The van der Waals surface area contributed by atoms with E-state index in [4.69, 9.17) is 9.84 Å². The van der Waals surface area contributed by atoms with Crippen molar-refractivity contribution in [3.63, 3.8) is 0 Å². The number of ether oxygens (including phenoxy) is 1. The van der Waals surface area contributed by atoms with Crippen molar-refractivity contribution >= 4 is 5.97 Å². The molecule has 4 nitrogen and oxygen atoms in total. The quantitative estimate of drug-likeness (QED) is 0.583. The third kappa shape index (κ3) is 5.11. The molecule has 0 saturated heterocycles. The van der Waals surface area contributed by atoms with Gasteiger partial charge in [0.2, 0.25) is 0 Å². The molecule has 5 heteroatoms. The number of halogens is 1. The first-order chi connectivity index (χ1) is 11.6. The van der Waals surface area contributed by atoms with Gasteiger partial charge in [-0.15, -0.1) is 0 Å². The Hall–Kier alpha value is -2.30. The molecule has 2 N–H and O–H groups in total. The van der Waals surface area contributed by atoms with E-state index in [9.17, 15) is 9.18 Å². The molecule has 0 radical (unpaired) electrons. The molecule has 0 aliphatic heterocycles. The zero-order chi connectivity index (χ0) is 17.4. The van der Waals surface area contributed by atoms with Gasteiger partial charge in [0.15, 0.2) is 11.5 Å². The highest BCUT2D eigenvalue weighted by Gasteiger charge is 2.15. The van der Waals surface area contributed by atoms with Crippen LogP contribution in [0.2, 0.25) is 0 Å². The Bertz CT molecular complexity index is 649. The minimum atomic E-state index is -1.31. The number of H-pyrrole nitrogens is 1. The van der Waals surface area contributed by atoms with Crippen LogP contribution in [0.4, 0.5) is 4.39 Å². The first-order valence-corrected chi connectivity index (χ1v) is 8.47. The zero-order valence-electron chi connectivity index (χ0n) is 14.0. The summed E-state index contributed by atoms with van der Waals surface area (Å²) in [4.78, 5) is 13.4. The summed E-state index contributed by atoms with van der Waals surface area (Å²) < 4.78 is 19.2. The van der Waals surface area contributed by atoms with E-state index >= 15 is 0 Å². The fourth-order valence-corrected chi connectivity index (χ4v) is 2.54. The first kappa shape index (κ1) is 18.0. The smallest absolute Gasteiger partial charge is 0.355 e. The summed E-state index contributed by atoms with van der Waals surface area (Å²) in [7, 11) is 0. The van der Waals surface area contributed by atoms with E-state index < -0.39 is 17.5 Å². The lowest BCUT2D eigenvalue weighted by Crippen LogP contribution is -1.99. The Labute approximate surface area is 141 Å². The summed E-state index contributed by atoms with van der Waals surface area (Å²) in [6.45, 7) is 2.89. The molecular formula is C19H24FNO3. The molecule has 1 aromatic carbocycles. The topological polar surface area (TPSA) is 62.3 Å². The summed E-state index contributed by atoms with van der Waals surface area (Å²) in [5.41, 5.74) is 0.731. The summed E-state index contributed by atoms with van der Waals surface area (Å²) >= 11 is 0. The first-order valence-electron chi connectivity index (χ1n) is 8.47. The van der Waals surface area contributed by atoms with Gasteiger partial charge in [0.1, 0.15) is 5.75 Å². The highest BCUT2D eigenvalue weighted by molar-refractivity contribution is 5.87. The second-order valence-corrected chi connectivity index (χ2v) is 5.85. The van der Waals surface area contributed by atoms with E-state index in [1.54, 1.807) is 12.1 Å². The van der Waals surface area contributed by atoms with Crippen LogP contribution in [0.3, 0.4) is 0 Å². The highest BCUT2D eigenvalue weighted by Crippen LogP contribution is 2.24. The van der Waals surface area contributed by atoms with Crippen LogP contribution in [0.1, 0.15) is 55.9 Å². The maximum atomic E-state index is 13.5. The van der Waals surface area contributed by atoms with Gasteiger partial charge in [-0.05, 0) is 36.2 Å². The van der Waals surface area contributed by atoms with Crippen molar-refractivity contribution in [3.8, 4) is 17.0 Å². The Kier molecular flexibility index (Phi) is 6.85. The summed E-state index contributed by atoms with van der Waals surface area (Å²) in [5.74, 6) is -1.31. The number of benzene rings is 1. The molecule has 0 aliphatic rings. The molecule has 0 amide bonds. The van der Waals surface area contributed by atoms with E-state index in [0.717, 1.165) is 12.2 Å². The molecule has 0 saturated carbocycles. The van der Waals surface area contributed by atoms with Crippen LogP contribution in [-0.4, -0.2) is 22.7 Å². The molecule has 2 aromatic rings. The molecule has 0 aliphatic carbocycles. The minimum Gasteiger partial charge on any atom is -0.494 e. The van der Waals surface area contributed by atoms with Gasteiger partial charge in [-0.2, -0.15) is 0 Å². The van der Waals surface area contributed by atoms with Crippen LogP contribution in [0.15, 0.2) is 30.3 Å². The van der Waals surface area contributed by atoms with Crippen molar-refractivity contribution in [1.82, 2.24) is 4.98 Å². The van der Waals surface area contributed by atoms with Gasteiger partial charge in [-0.25, -0.2) is 9.18 Å². The van der Waals surface area contributed by atoms with Crippen molar-refractivity contribution in [3.05, 3.63) is 41.8 Å². The molecule has 1 heterocycles. The van der Waals surface area contributed by atoms with Crippen LogP contribution in [0.5, 0.6) is 5.75 Å². The molecule has 1 aromatic heterocycles. The average Bonchev–Trinajstić information content (AvgIpc) is 2.97. The maximum absolute atomic E-state index is 13.5. The van der Waals surface area contributed by atoms with Crippen molar-refractivity contribution in [2.45, 2.75) is 45.4 Å². The van der Waals surface area contributed by atoms with Gasteiger partial charge >= 0.3 is 5.97 Å². The number of carboxylic acid groups (broad SMARTS) is 1. The molecule has 0 bridgehead atoms. The van der Waals surface area contributed by atoms with E-state index in [-0.39, 0.29) is 0 Å². The molecule has 0 unspecified atom stereocenters. The molecule has 0 fully saturated rings. The van der Waals surface area contributed by atoms with E-state index in [2.05, 4.69) is 11.9 Å². The summed E-state index contributed by atoms with van der Waals surface area (Å²) in [6, 6.07) is 8.38. The number of aromatic amines is 1. The van der Waals surface area contributed by atoms with Crippen LogP contribution < -0.4 is 4.74 Å². The van der Waals surface area contributed by atoms with Gasteiger partial charge < -0.3 is 14.8 Å². The third-order valence-electron chi connectivity index (χ3n) is 3.92. The summed E-state index contributed by atoms with van der Waals surface area (Å²) in [5, 5.41) is 8.87. The third-order valence-corrected chi connectivity index (χ3v) is 3.92. The molecule has 24 heavy (non-hydrogen) atoms. The number of hydrogen-bond donors (Lipinski definition) is 2. The van der Waals surface area contributed by atoms with E-state index in [1.165, 1.54) is 38.2 Å². The van der Waals surface area contributed by atoms with E-state index in [0.29, 0.717) is 17.9 Å². The standard InChI is InChI=1S/C19H24FNO3/c1-2-3-4-5-6-7-12-24-15-10-8-14(9-11-15)17-13-16(20)18(21-17)19(22)23/h8-11,13,21H,2-7,12H2,1H3,(H,22,23). The molecule has 2 rings (SSSR count). The van der Waals surface area contributed by atoms with Gasteiger partial charge in [-0.3, -0.25) is 0 Å². The van der Waals surface area contributed by atoms with Crippen LogP contribution in [0, 0.1) is 5.82 Å². The van der Waals surface area contributed by atoms with Crippen molar-refractivity contribution in [2.24, 2.45) is 0 Å². The van der Waals surface area contributed by atoms with Crippen LogP contribution >= 0.6 is 0 Å². The molecule has 0 spiro atoms. The predicted octanol–water partition coefficient (Wildman–Crippen LogP) is 5.26. The second kappa shape index (κ2) is 9.11. The average molecular weight is 333 g/mol. The largest absolute Gasteiger partial charge is 0.494 e. The SMILES string of the molecule is CCCCCCCCOc1ccc(-c2cc(F)c(C(=O)O)[nH]2)cc1. The number of carbonyl (C=O) groups is 1. The number of unbranched alkanes of at least 4 members (excludes halogenated alkanes) is 5. The number of rotatable bonds is 10. The highest BCUT2D eigenvalue weighted by atomic mass is 19.1. The Balaban J connectivity index is 1.82. The van der Waals surface area contributed by atoms with Crippen LogP contribution in [0.25, 0.3) is 11.3 Å². The van der Waals surface area contributed by atoms with Crippen molar-refractivity contribution in [2.75, 3.05) is 6.61 Å². The van der Waals surface area contributed by atoms with E-state index in [1.807, 2.05) is 12.1 Å². The fraction of sp³-hybridized carbons (Fsp3) is 0.421. The van der Waals surface area contributed by atoms with Gasteiger partial charge in [0, 0.05) is 11.8 Å². The number of nitrogens with one attached hydrogen (secondary N) is 1. The lowest BCUT2D eigenvalue weighted by molar-refractivity contribution is 0.0686. The normalized spacial score (nSPS) is 10.8. The zero-order valence-corrected chi connectivity index (χ0v) is 14.0. The monoisotopic (exact) mass is 333 g/mol. The fourth-order valence-electron chi connectivity index (χ4n) is 2.54. The maximum Gasteiger partial charge on any atom is 0.355 e. The van der Waals surface area contributed by atoms with Gasteiger partial charge in [0.25, 0.3) is 0 Å². The number of aromatic carboxylic acids is 1. The minimum absolute atomic E-state index is 0.423. The Morgan fingerprint density at radius 2 is 1.79 bits per heavy atom. The molecule has 130 valence electrons. The van der Waals surface area contributed by atoms with Crippen LogP contribution in [-0.2, 0) is 0 Å². The molecular weight excluding hydrogens is 309 g/mol. The lowest BCUT2D eigenvalue weighted by Gasteiger charge is -2.07. The lowest BCUT2D eigenvalue weighted by atomic mass is 10.1. The van der Waals surface area contributed by atoms with Crippen molar-refractivity contribution in [1.29, 1.82) is 0 Å². The predicted molar refractivity (Wildman–Crippen MR) is 92.0 cm³/mol. The molecule has 0 atom stereocenters. The number of aromatic nitrogens is 1. The second-order valence-electron chi connectivity index (χ2n) is 5.85. The van der Waals surface area contributed by atoms with Gasteiger partial charge in [0.05, 0.1) is 6.61 Å². The van der Waals surface area contributed by atoms with Gasteiger partial charge in [-0.1, -0.05) is 39.0 Å².